The molecule has 0 saturated carbocycles. The van der Waals surface area contributed by atoms with E-state index in [0.717, 1.165) is 12.2 Å². The topological polar surface area (TPSA) is 198 Å². The Kier molecular flexibility index (Phi) is 10.8. The van der Waals surface area contributed by atoms with Crippen molar-refractivity contribution in [2.24, 2.45) is 0 Å². The lowest BCUT2D eigenvalue weighted by atomic mass is 10.1. The molecule has 1 aromatic carbocycles. The Balaban J connectivity index is 3.16. The second-order valence-electron chi connectivity index (χ2n) is 5.60. The molecule has 0 heterocycles. The second kappa shape index (κ2) is 13.5. The molecule has 14 nitrogen and oxygen atoms in total. The zero-order valence-electron chi connectivity index (χ0n) is 17.3. The highest BCUT2D eigenvalue weighted by atomic mass is 16.7. The van der Waals surface area contributed by atoms with E-state index < -0.39 is 72.0 Å². The van der Waals surface area contributed by atoms with Crippen LogP contribution in [0.3, 0.4) is 0 Å². The highest BCUT2D eigenvalue weighted by Crippen LogP contribution is 2.31. The van der Waals surface area contributed by atoms with Gasteiger partial charge in [-0.15, -0.1) is 0 Å². The summed E-state index contributed by atoms with van der Waals surface area (Å²) < 4.78 is 27.8. The highest BCUT2D eigenvalue weighted by molar-refractivity contribution is 5.99. The van der Waals surface area contributed by atoms with Gasteiger partial charge in [-0.05, 0) is 0 Å². The summed E-state index contributed by atoms with van der Waals surface area (Å²) in [6, 6.07) is 1.36. The molecule has 2 N–H and O–H groups in total. The van der Waals surface area contributed by atoms with E-state index in [1.165, 1.54) is 0 Å². The van der Waals surface area contributed by atoms with Crippen LogP contribution in [0.4, 0.5) is 9.59 Å². The van der Waals surface area contributed by atoms with Gasteiger partial charge in [0.2, 0.25) is 0 Å². The zero-order valence-corrected chi connectivity index (χ0v) is 17.3. The molecule has 0 amide bonds. The maximum Gasteiger partial charge on any atom is 0.511 e. The number of rotatable bonds is 12. The second-order valence-corrected chi connectivity index (χ2v) is 5.60. The average Bonchev–Trinajstić information content (AvgIpc) is 2.78. The quantitative estimate of drug-likeness (QED) is 0.143. The van der Waals surface area contributed by atoms with Crippen LogP contribution in [0, 0.1) is 0 Å². The number of esters is 4. The van der Waals surface area contributed by atoms with Gasteiger partial charge in [0.15, 0.2) is 0 Å². The molecule has 0 atom stereocenters. The fourth-order valence-electron chi connectivity index (χ4n) is 2.06. The molecule has 0 aromatic heterocycles. The van der Waals surface area contributed by atoms with Crippen molar-refractivity contribution in [3.63, 3.8) is 0 Å². The molecule has 1 aromatic rings. The van der Waals surface area contributed by atoms with Crippen molar-refractivity contribution in [1.82, 2.24) is 0 Å². The Bertz CT molecular complexity index is 913. The van der Waals surface area contributed by atoms with Gasteiger partial charge < -0.3 is 38.6 Å². The lowest BCUT2D eigenvalue weighted by molar-refractivity contribution is -0.139. The fraction of sp³-hybridized carbons (Fsp3) is 0.200. The molecule has 14 heteroatoms. The van der Waals surface area contributed by atoms with Gasteiger partial charge in [-0.25, -0.2) is 28.8 Å². The maximum absolute atomic E-state index is 12.4. The van der Waals surface area contributed by atoms with E-state index in [1.807, 2.05) is 0 Å². The van der Waals surface area contributed by atoms with E-state index in [4.69, 9.17) is 19.7 Å². The summed E-state index contributed by atoms with van der Waals surface area (Å²) in [5.74, 6) is -5.46. The standard InChI is InChI=1S/C20H18O14/c1-3-15(21)29-5-7-31-17(23)11-9-14(34-20(27)28)12(10-13(11)33-19(25)26)18(24)32-8-6-30-16(22)4-2/h3-4,9-10H,1-2,5-8H2,(H,25,26)(H,27,28). The van der Waals surface area contributed by atoms with Crippen molar-refractivity contribution < 1.29 is 67.4 Å². The number of carbonyl (C=O) groups excluding carboxylic acids is 4. The Morgan fingerprint density at radius 3 is 1.26 bits per heavy atom. The molecular weight excluding hydrogens is 464 g/mol. The van der Waals surface area contributed by atoms with E-state index >= 15 is 0 Å². The van der Waals surface area contributed by atoms with Crippen LogP contribution < -0.4 is 9.47 Å². The molecule has 0 aliphatic rings. The molecule has 1 rings (SSSR count). The summed E-state index contributed by atoms with van der Waals surface area (Å²) >= 11 is 0. The largest absolute Gasteiger partial charge is 0.511 e. The molecule has 0 unspecified atom stereocenters. The third-order valence-electron chi connectivity index (χ3n) is 3.37. The van der Waals surface area contributed by atoms with Gasteiger partial charge in [0.05, 0.1) is 0 Å². The monoisotopic (exact) mass is 482 g/mol. The summed E-state index contributed by atoms with van der Waals surface area (Å²) in [5.41, 5.74) is -1.27. The zero-order chi connectivity index (χ0) is 25.7. The first-order valence-electron chi connectivity index (χ1n) is 9.01. The van der Waals surface area contributed by atoms with Crippen LogP contribution in [-0.2, 0) is 28.5 Å². The van der Waals surface area contributed by atoms with Crippen molar-refractivity contribution in [3.8, 4) is 11.5 Å². The normalized spacial score (nSPS) is 9.65. The van der Waals surface area contributed by atoms with Crippen LogP contribution in [0.15, 0.2) is 37.4 Å². The van der Waals surface area contributed by atoms with Gasteiger partial charge in [0.25, 0.3) is 0 Å². The van der Waals surface area contributed by atoms with Gasteiger partial charge in [-0.2, -0.15) is 0 Å². The minimum absolute atomic E-state index is 0.370. The SMILES string of the molecule is C=CC(=O)OCCOC(=O)c1cc(OC(=O)O)c(C(=O)OCCOC(=O)C=C)cc1OC(=O)O. The number of hydrogen-bond acceptors (Lipinski definition) is 12. The van der Waals surface area contributed by atoms with Gasteiger partial charge in [-0.1, -0.05) is 13.2 Å². The lowest BCUT2D eigenvalue weighted by Gasteiger charge is -2.14. The number of carbonyl (C=O) groups is 6. The van der Waals surface area contributed by atoms with Crippen molar-refractivity contribution in [3.05, 3.63) is 48.6 Å². The van der Waals surface area contributed by atoms with Crippen molar-refractivity contribution in [1.29, 1.82) is 0 Å². The molecule has 0 saturated heterocycles. The third-order valence-corrected chi connectivity index (χ3v) is 3.37. The summed E-state index contributed by atoms with van der Waals surface area (Å²) in [4.78, 5) is 68.7. The van der Waals surface area contributed by atoms with Crippen molar-refractivity contribution >= 4 is 36.2 Å². The van der Waals surface area contributed by atoms with Gasteiger partial charge in [0, 0.05) is 24.3 Å². The average molecular weight is 482 g/mol. The molecule has 182 valence electrons. The minimum atomic E-state index is -1.88. The van der Waals surface area contributed by atoms with Crippen LogP contribution in [0.2, 0.25) is 0 Å². The molecule has 0 radical (unpaired) electrons. The predicted octanol–water partition coefficient (Wildman–Crippen LogP) is 1.57. The summed E-state index contributed by atoms with van der Waals surface area (Å²) in [7, 11) is 0. The van der Waals surface area contributed by atoms with Crippen LogP contribution in [-0.4, -0.2) is 72.8 Å². The number of carboxylic acid groups (broad SMARTS) is 2. The predicted molar refractivity (Wildman–Crippen MR) is 107 cm³/mol. The highest BCUT2D eigenvalue weighted by Gasteiger charge is 2.26. The van der Waals surface area contributed by atoms with E-state index in [1.54, 1.807) is 0 Å². The Morgan fingerprint density at radius 2 is 0.971 bits per heavy atom. The van der Waals surface area contributed by atoms with Crippen LogP contribution >= 0.6 is 0 Å². The van der Waals surface area contributed by atoms with Crippen LogP contribution in [0.5, 0.6) is 11.5 Å². The number of ether oxygens (including phenoxy) is 6. The van der Waals surface area contributed by atoms with Gasteiger partial charge >= 0.3 is 36.2 Å². The molecule has 0 aliphatic carbocycles. The van der Waals surface area contributed by atoms with E-state index in [-0.39, 0.29) is 13.2 Å². The van der Waals surface area contributed by atoms with Gasteiger partial charge in [-0.3, -0.25) is 0 Å². The molecule has 0 aliphatic heterocycles. The van der Waals surface area contributed by atoms with Crippen LogP contribution in [0.1, 0.15) is 20.7 Å². The molecule has 0 spiro atoms. The van der Waals surface area contributed by atoms with E-state index in [0.29, 0.717) is 12.1 Å². The van der Waals surface area contributed by atoms with E-state index in [2.05, 4.69) is 32.1 Å². The fourth-order valence-corrected chi connectivity index (χ4v) is 2.06. The van der Waals surface area contributed by atoms with E-state index in [9.17, 15) is 28.8 Å². The number of hydrogen-bond donors (Lipinski definition) is 2. The van der Waals surface area contributed by atoms with Crippen LogP contribution in [0.25, 0.3) is 0 Å². The first-order chi connectivity index (χ1) is 16.1. The summed E-state index contributed by atoms with van der Waals surface area (Å²) in [6.07, 6.45) is -2.01. The smallest absolute Gasteiger partial charge is 0.459 e. The third kappa shape index (κ3) is 9.09. The van der Waals surface area contributed by atoms with Crippen molar-refractivity contribution in [2.45, 2.75) is 0 Å². The molecule has 0 bridgehead atoms. The summed E-state index contributed by atoms with van der Waals surface area (Å²) in [5, 5.41) is 17.9. The Hall–Kier alpha value is -4.88. The minimum Gasteiger partial charge on any atom is -0.459 e. The Labute approximate surface area is 190 Å². The molecule has 34 heavy (non-hydrogen) atoms. The summed E-state index contributed by atoms with van der Waals surface area (Å²) in [6.45, 7) is 4.67. The van der Waals surface area contributed by atoms with Gasteiger partial charge in [0.1, 0.15) is 49.1 Å². The Morgan fingerprint density at radius 1 is 0.647 bits per heavy atom. The number of benzene rings is 1. The molecular formula is C20H18O14. The molecule has 0 fully saturated rings. The first-order valence-corrected chi connectivity index (χ1v) is 9.01. The maximum atomic E-state index is 12.4. The first kappa shape index (κ1) is 27.2. The lowest BCUT2D eigenvalue weighted by Crippen LogP contribution is -2.18. The van der Waals surface area contributed by atoms with Crippen molar-refractivity contribution in [2.75, 3.05) is 26.4 Å².